The third-order valence-electron chi connectivity index (χ3n) is 3.20. The number of sulfonamides is 1. The van der Waals surface area contributed by atoms with Crippen molar-refractivity contribution in [3.63, 3.8) is 0 Å². The maximum atomic E-state index is 12.1. The van der Waals surface area contributed by atoms with E-state index in [9.17, 15) is 13.2 Å². The Labute approximate surface area is 132 Å². The van der Waals surface area contributed by atoms with Crippen LogP contribution < -0.4 is 9.62 Å². The first-order chi connectivity index (χ1) is 10.2. The Morgan fingerprint density at radius 2 is 1.77 bits per heavy atom. The molecule has 0 aromatic heterocycles. The zero-order valence-electron chi connectivity index (χ0n) is 13.8. The molecule has 1 aromatic carbocycles. The van der Waals surface area contributed by atoms with Gasteiger partial charge in [0.2, 0.25) is 15.9 Å². The van der Waals surface area contributed by atoms with Crippen LogP contribution in [0.5, 0.6) is 0 Å². The lowest BCUT2D eigenvalue weighted by Crippen LogP contribution is -2.41. The van der Waals surface area contributed by atoms with Crippen LogP contribution in [0.4, 0.5) is 5.69 Å². The molecular formula is C15H24N2O4S. The number of carbonyl (C=O) groups excluding carboxylic acids is 1. The van der Waals surface area contributed by atoms with E-state index in [2.05, 4.69) is 5.32 Å². The Bertz CT molecular complexity index is 618. The number of benzene rings is 1. The first kappa shape index (κ1) is 18.4. The molecule has 0 aliphatic carbocycles. The van der Waals surface area contributed by atoms with E-state index in [1.807, 2.05) is 32.9 Å². The highest BCUT2D eigenvalue weighted by Crippen LogP contribution is 2.28. The lowest BCUT2D eigenvalue weighted by atomic mass is 10.1. The van der Waals surface area contributed by atoms with Crippen molar-refractivity contribution in [2.75, 3.05) is 37.4 Å². The molecule has 0 aliphatic rings. The van der Waals surface area contributed by atoms with Crippen molar-refractivity contribution >= 4 is 21.6 Å². The molecule has 7 heteroatoms. The number of nitrogens with zero attached hydrogens (tertiary/aromatic N) is 1. The van der Waals surface area contributed by atoms with Crippen molar-refractivity contribution < 1.29 is 17.9 Å². The molecule has 0 atom stereocenters. The zero-order chi connectivity index (χ0) is 16.9. The Morgan fingerprint density at radius 1 is 1.23 bits per heavy atom. The van der Waals surface area contributed by atoms with Crippen molar-refractivity contribution in [1.82, 2.24) is 5.32 Å². The van der Waals surface area contributed by atoms with Crippen LogP contribution in [0, 0.1) is 20.8 Å². The summed E-state index contributed by atoms with van der Waals surface area (Å²) in [6.45, 7) is 6.12. The number of aryl methyl sites for hydroxylation is 3. The molecular weight excluding hydrogens is 304 g/mol. The average molecular weight is 328 g/mol. The highest BCUT2D eigenvalue weighted by molar-refractivity contribution is 7.92. The molecule has 0 fully saturated rings. The summed E-state index contributed by atoms with van der Waals surface area (Å²) in [4.78, 5) is 12.0. The van der Waals surface area contributed by atoms with Crippen molar-refractivity contribution in [2.45, 2.75) is 20.8 Å². The molecule has 1 N–H and O–H groups in total. The Kier molecular flexibility index (Phi) is 6.37. The molecule has 0 aliphatic heterocycles. The topological polar surface area (TPSA) is 75.7 Å². The lowest BCUT2D eigenvalue weighted by molar-refractivity contribution is -0.119. The minimum atomic E-state index is -3.56. The number of rotatable bonds is 7. The molecule has 0 unspecified atom stereocenters. The summed E-state index contributed by atoms with van der Waals surface area (Å²) >= 11 is 0. The fraction of sp³-hybridized carbons (Fsp3) is 0.533. The van der Waals surface area contributed by atoms with Crippen LogP contribution in [0.25, 0.3) is 0 Å². The predicted molar refractivity (Wildman–Crippen MR) is 87.7 cm³/mol. The van der Waals surface area contributed by atoms with Crippen LogP contribution in [-0.2, 0) is 19.6 Å². The summed E-state index contributed by atoms with van der Waals surface area (Å²) < 4.78 is 30.2. The van der Waals surface area contributed by atoms with Gasteiger partial charge in [0.05, 0.1) is 18.6 Å². The minimum Gasteiger partial charge on any atom is -0.383 e. The van der Waals surface area contributed by atoms with Gasteiger partial charge in [-0.3, -0.25) is 9.10 Å². The van der Waals surface area contributed by atoms with Crippen molar-refractivity contribution in [3.05, 3.63) is 28.8 Å². The summed E-state index contributed by atoms with van der Waals surface area (Å²) in [5.74, 6) is -0.359. The van der Waals surface area contributed by atoms with Gasteiger partial charge in [-0.05, 0) is 31.9 Å². The standard InChI is InChI=1S/C15H24N2O4S/c1-11-8-12(2)15(13(3)9-11)17(22(5,19)20)10-14(18)16-6-7-21-4/h8-9H,6-7,10H2,1-5H3,(H,16,18). The SMILES string of the molecule is COCCNC(=O)CN(c1c(C)cc(C)cc1C)S(C)(=O)=O. The molecule has 0 spiro atoms. The molecule has 0 bridgehead atoms. The second kappa shape index (κ2) is 7.60. The number of ether oxygens (including phenoxy) is 1. The van der Waals surface area contributed by atoms with E-state index in [0.29, 0.717) is 18.8 Å². The molecule has 124 valence electrons. The first-order valence-electron chi connectivity index (χ1n) is 6.98. The van der Waals surface area contributed by atoms with Crippen LogP contribution in [-0.4, -0.2) is 47.4 Å². The van der Waals surface area contributed by atoms with Gasteiger partial charge in [0.15, 0.2) is 0 Å². The quantitative estimate of drug-likeness (QED) is 0.762. The molecule has 1 aromatic rings. The maximum Gasteiger partial charge on any atom is 0.240 e. The highest BCUT2D eigenvalue weighted by Gasteiger charge is 2.23. The third kappa shape index (κ3) is 4.99. The van der Waals surface area contributed by atoms with Crippen LogP contribution in [0.1, 0.15) is 16.7 Å². The van der Waals surface area contributed by atoms with Gasteiger partial charge in [0.1, 0.15) is 6.54 Å². The zero-order valence-corrected chi connectivity index (χ0v) is 14.6. The second-order valence-electron chi connectivity index (χ2n) is 5.36. The molecule has 0 heterocycles. The fourth-order valence-corrected chi connectivity index (χ4v) is 3.38. The maximum absolute atomic E-state index is 12.1. The minimum absolute atomic E-state index is 0.243. The molecule has 0 saturated heterocycles. The number of carbonyl (C=O) groups is 1. The van der Waals surface area contributed by atoms with Crippen molar-refractivity contribution in [2.24, 2.45) is 0 Å². The largest absolute Gasteiger partial charge is 0.383 e. The molecule has 0 radical (unpaired) electrons. The average Bonchev–Trinajstić information content (AvgIpc) is 2.35. The Hall–Kier alpha value is -1.60. The van der Waals surface area contributed by atoms with Gasteiger partial charge in [-0.1, -0.05) is 17.7 Å². The summed E-state index contributed by atoms with van der Waals surface area (Å²) in [6.07, 6.45) is 1.11. The Balaban J connectivity index is 3.09. The van der Waals surface area contributed by atoms with E-state index in [4.69, 9.17) is 4.74 Å². The van der Waals surface area contributed by atoms with E-state index < -0.39 is 10.0 Å². The van der Waals surface area contributed by atoms with Crippen molar-refractivity contribution in [3.8, 4) is 0 Å². The monoisotopic (exact) mass is 328 g/mol. The van der Waals surface area contributed by atoms with Gasteiger partial charge in [0, 0.05) is 13.7 Å². The van der Waals surface area contributed by atoms with E-state index in [1.165, 1.54) is 7.11 Å². The molecule has 6 nitrogen and oxygen atoms in total. The van der Waals surface area contributed by atoms with Crippen molar-refractivity contribution in [1.29, 1.82) is 0 Å². The van der Waals surface area contributed by atoms with Gasteiger partial charge in [-0.2, -0.15) is 0 Å². The number of hydrogen-bond donors (Lipinski definition) is 1. The van der Waals surface area contributed by atoms with E-state index in [0.717, 1.165) is 27.3 Å². The van der Waals surface area contributed by atoms with Crippen LogP contribution in [0.15, 0.2) is 12.1 Å². The van der Waals surface area contributed by atoms with Gasteiger partial charge < -0.3 is 10.1 Å². The molecule has 1 amide bonds. The fourth-order valence-electron chi connectivity index (χ4n) is 2.41. The number of nitrogens with one attached hydrogen (secondary N) is 1. The van der Waals surface area contributed by atoms with E-state index in [1.54, 1.807) is 0 Å². The van der Waals surface area contributed by atoms with Gasteiger partial charge in [-0.15, -0.1) is 0 Å². The van der Waals surface area contributed by atoms with E-state index in [-0.39, 0.29) is 12.5 Å². The Morgan fingerprint density at radius 3 is 2.23 bits per heavy atom. The van der Waals surface area contributed by atoms with Gasteiger partial charge in [0.25, 0.3) is 0 Å². The number of anilines is 1. The predicted octanol–water partition coefficient (Wildman–Crippen LogP) is 1.14. The molecule has 1 rings (SSSR count). The van der Waals surface area contributed by atoms with E-state index >= 15 is 0 Å². The summed E-state index contributed by atoms with van der Waals surface area (Å²) in [7, 11) is -2.02. The first-order valence-corrected chi connectivity index (χ1v) is 8.83. The third-order valence-corrected chi connectivity index (χ3v) is 4.31. The van der Waals surface area contributed by atoms with Crippen LogP contribution >= 0.6 is 0 Å². The van der Waals surface area contributed by atoms with Gasteiger partial charge >= 0.3 is 0 Å². The number of hydrogen-bond acceptors (Lipinski definition) is 4. The smallest absolute Gasteiger partial charge is 0.240 e. The summed E-state index contributed by atoms with van der Waals surface area (Å²) in [6, 6.07) is 3.81. The van der Waals surface area contributed by atoms with Gasteiger partial charge in [-0.25, -0.2) is 8.42 Å². The number of amides is 1. The number of methoxy groups -OCH3 is 1. The lowest BCUT2D eigenvalue weighted by Gasteiger charge is -2.25. The molecule has 22 heavy (non-hydrogen) atoms. The summed E-state index contributed by atoms with van der Waals surface area (Å²) in [5, 5.41) is 2.64. The normalized spacial score (nSPS) is 11.3. The van der Waals surface area contributed by atoms with Crippen LogP contribution in [0.3, 0.4) is 0 Å². The molecule has 0 saturated carbocycles. The second-order valence-corrected chi connectivity index (χ2v) is 7.27. The summed E-state index contributed by atoms with van der Waals surface area (Å²) in [5.41, 5.74) is 3.27. The highest BCUT2D eigenvalue weighted by atomic mass is 32.2. The van der Waals surface area contributed by atoms with Crippen LogP contribution in [0.2, 0.25) is 0 Å².